The van der Waals surface area contributed by atoms with E-state index in [1.807, 2.05) is 12.1 Å². The zero-order valence-electron chi connectivity index (χ0n) is 9.51. The first-order valence-corrected chi connectivity index (χ1v) is 5.06. The number of hydrogen-bond donors (Lipinski definition) is 1. The van der Waals surface area contributed by atoms with Gasteiger partial charge in [-0.3, -0.25) is 0 Å². The molecule has 0 bridgehead atoms. The van der Waals surface area contributed by atoms with E-state index in [1.165, 1.54) is 13.8 Å². The van der Waals surface area contributed by atoms with Crippen molar-refractivity contribution in [2.24, 2.45) is 5.73 Å². The van der Waals surface area contributed by atoms with Gasteiger partial charge in [0.15, 0.2) is 0 Å². The number of alkyl halides is 1. The minimum atomic E-state index is -1.39. The molecule has 0 saturated heterocycles. The zero-order valence-corrected chi connectivity index (χ0v) is 9.51. The fourth-order valence-electron chi connectivity index (χ4n) is 1.65. The van der Waals surface area contributed by atoms with E-state index >= 15 is 0 Å². The van der Waals surface area contributed by atoms with Gasteiger partial charge in [0, 0.05) is 5.56 Å². The molecule has 0 aliphatic carbocycles. The number of hydrogen-bond acceptors (Lipinski definition) is 2. The molecule has 0 aromatic heterocycles. The summed E-state index contributed by atoms with van der Waals surface area (Å²) in [5.74, 6) is 0.621. The van der Waals surface area contributed by atoms with Gasteiger partial charge in [0.1, 0.15) is 11.4 Å². The Kier molecular flexibility index (Phi) is 3.69. The number of para-hydroxylation sites is 1. The Labute approximate surface area is 90.2 Å². The summed E-state index contributed by atoms with van der Waals surface area (Å²) in [6.45, 7) is 3.58. The largest absolute Gasteiger partial charge is 0.496 e. The summed E-state index contributed by atoms with van der Waals surface area (Å²) in [6, 6.07) is 5.50. The van der Waals surface area contributed by atoms with Crippen LogP contribution in [0.1, 0.15) is 25.0 Å². The quantitative estimate of drug-likeness (QED) is 0.830. The van der Waals surface area contributed by atoms with Gasteiger partial charge in [-0.2, -0.15) is 0 Å². The summed E-state index contributed by atoms with van der Waals surface area (Å²) in [6.07, 6.45) is 0.701. The maximum atomic E-state index is 13.9. The van der Waals surface area contributed by atoms with E-state index in [0.29, 0.717) is 24.3 Å². The summed E-state index contributed by atoms with van der Waals surface area (Å²) in [7, 11) is 1.56. The molecule has 0 fully saturated rings. The third-order valence-electron chi connectivity index (χ3n) is 2.35. The summed E-state index contributed by atoms with van der Waals surface area (Å²) < 4.78 is 19.1. The first-order valence-electron chi connectivity index (χ1n) is 5.06. The molecule has 0 unspecified atom stereocenters. The van der Waals surface area contributed by atoms with Crippen molar-refractivity contribution in [1.29, 1.82) is 0 Å². The Morgan fingerprint density at radius 2 is 2.07 bits per heavy atom. The van der Waals surface area contributed by atoms with Gasteiger partial charge < -0.3 is 10.5 Å². The second-order valence-corrected chi connectivity index (χ2v) is 4.01. The van der Waals surface area contributed by atoms with Gasteiger partial charge in [0.25, 0.3) is 0 Å². The van der Waals surface area contributed by atoms with E-state index in [4.69, 9.17) is 10.5 Å². The molecule has 84 valence electrons. The van der Waals surface area contributed by atoms with E-state index in [9.17, 15) is 4.39 Å². The molecule has 0 saturated carbocycles. The zero-order chi connectivity index (χ0) is 11.5. The molecule has 0 atom stereocenters. The number of ether oxygens (including phenoxy) is 1. The van der Waals surface area contributed by atoms with Crippen molar-refractivity contribution in [3.8, 4) is 5.75 Å². The van der Waals surface area contributed by atoms with E-state index in [2.05, 4.69) is 0 Å². The van der Waals surface area contributed by atoms with Crippen molar-refractivity contribution in [3.63, 3.8) is 0 Å². The Morgan fingerprint density at radius 3 is 2.53 bits per heavy atom. The van der Waals surface area contributed by atoms with Crippen LogP contribution in [0.25, 0.3) is 0 Å². The number of benzene rings is 1. The number of halogens is 1. The van der Waals surface area contributed by atoms with Crippen LogP contribution in [0, 0.1) is 0 Å². The lowest BCUT2D eigenvalue weighted by Crippen LogP contribution is -2.13. The van der Waals surface area contributed by atoms with Crippen LogP contribution in [0.15, 0.2) is 18.2 Å². The smallest absolute Gasteiger partial charge is 0.134 e. The first-order chi connectivity index (χ1) is 7.00. The Hall–Kier alpha value is -1.09. The molecule has 3 heteroatoms. The van der Waals surface area contributed by atoms with Crippen LogP contribution in [-0.2, 0) is 12.1 Å². The SMILES string of the molecule is COc1c(CCN)cccc1C(C)(C)F. The Bertz CT molecular complexity index is 331. The lowest BCUT2D eigenvalue weighted by Gasteiger charge is -2.20. The highest BCUT2D eigenvalue weighted by Gasteiger charge is 2.24. The summed E-state index contributed by atoms with van der Waals surface area (Å²) >= 11 is 0. The fourth-order valence-corrected chi connectivity index (χ4v) is 1.65. The second-order valence-electron chi connectivity index (χ2n) is 4.01. The van der Waals surface area contributed by atoms with Crippen LogP contribution < -0.4 is 10.5 Å². The molecule has 2 nitrogen and oxygen atoms in total. The molecular weight excluding hydrogens is 193 g/mol. The van der Waals surface area contributed by atoms with Gasteiger partial charge in [-0.05, 0) is 32.4 Å². The lowest BCUT2D eigenvalue weighted by atomic mass is 9.95. The standard InChI is InChI=1S/C12H18FNO/c1-12(2,13)10-6-4-5-9(7-8-14)11(10)15-3/h4-6H,7-8,14H2,1-3H3. The summed E-state index contributed by atoms with van der Waals surface area (Å²) in [5.41, 5.74) is 5.64. The molecule has 0 spiro atoms. The van der Waals surface area contributed by atoms with Crippen LogP contribution in [-0.4, -0.2) is 13.7 Å². The van der Waals surface area contributed by atoms with Crippen molar-refractivity contribution in [3.05, 3.63) is 29.3 Å². The van der Waals surface area contributed by atoms with Crippen LogP contribution >= 0.6 is 0 Å². The average Bonchev–Trinajstić information content (AvgIpc) is 2.16. The topological polar surface area (TPSA) is 35.2 Å². The van der Waals surface area contributed by atoms with E-state index in [-0.39, 0.29) is 0 Å². The second kappa shape index (κ2) is 4.62. The summed E-state index contributed by atoms with van der Waals surface area (Å²) in [5, 5.41) is 0. The van der Waals surface area contributed by atoms with E-state index < -0.39 is 5.67 Å². The molecule has 0 aliphatic heterocycles. The van der Waals surface area contributed by atoms with Crippen molar-refractivity contribution >= 4 is 0 Å². The van der Waals surface area contributed by atoms with E-state index in [1.54, 1.807) is 13.2 Å². The molecule has 0 heterocycles. The van der Waals surface area contributed by atoms with Gasteiger partial charge >= 0.3 is 0 Å². The summed E-state index contributed by atoms with van der Waals surface area (Å²) in [4.78, 5) is 0. The van der Waals surface area contributed by atoms with Crippen LogP contribution in [0.5, 0.6) is 5.75 Å². The molecule has 2 N–H and O–H groups in total. The maximum Gasteiger partial charge on any atom is 0.134 e. The monoisotopic (exact) mass is 211 g/mol. The van der Waals surface area contributed by atoms with Crippen molar-refractivity contribution in [2.45, 2.75) is 25.9 Å². The van der Waals surface area contributed by atoms with Gasteiger partial charge in [0.05, 0.1) is 7.11 Å². The highest BCUT2D eigenvalue weighted by Crippen LogP contribution is 2.35. The van der Waals surface area contributed by atoms with Crippen LogP contribution in [0.2, 0.25) is 0 Å². The van der Waals surface area contributed by atoms with Crippen molar-refractivity contribution < 1.29 is 9.13 Å². The third kappa shape index (κ3) is 2.69. The molecular formula is C12H18FNO. The normalized spacial score (nSPS) is 11.5. The highest BCUT2D eigenvalue weighted by molar-refractivity contribution is 5.44. The number of rotatable bonds is 4. The lowest BCUT2D eigenvalue weighted by molar-refractivity contribution is 0.213. The first kappa shape index (κ1) is 12.0. The third-order valence-corrected chi connectivity index (χ3v) is 2.35. The fraction of sp³-hybridized carbons (Fsp3) is 0.500. The van der Waals surface area contributed by atoms with E-state index in [0.717, 1.165) is 5.56 Å². The molecule has 0 amide bonds. The molecule has 1 rings (SSSR count). The Balaban J connectivity index is 3.22. The van der Waals surface area contributed by atoms with Crippen LogP contribution in [0.3, 0.4) is 0 Å². The molecule has 0 radical (unpaired) electrons. The molecule has 1 aromatic carbocycles. The predicted molar refractivity (Wildman–Crippen MR) is 59.9 cm³/mol. The number of methoxy groups -OCH3 is 1. The predicted octanol–water partition coefficient (Wildman–Crippen LogP) is 2.40. The van der Waals surface area contributed by atoms with Gasteiger partial charge in [0.2, 0.25) is 0 Å². The van der Waals surface area contributed by atoms with Crippen molar-refractivity contribution in [2.75, 3.05) is 13.7 Å². The van der Waals surface area contributed by atoms with Gasteiger partial charge in [-0.25, -0.2) is 4.39 Å². The van der Waals surface area contributed by atoms with Crippen molar-refractivity contribution in [1.82, 2.24) is 0 Å². The minimum absolute atomic E-state index is 0.534. The highest BCUT2D eigenvalue weighted by atomic mass is 19.1. The average molecular weight is 211 g/mol. The van der Waals surface area contributed by atoms with Gasteiger partial charge in [-0.1, -0.05) is 18.2 Å². The number of nitrogens with two attached hydrogens (primary N) is 1. The molecule has 15 heavy (non-hydrogen) atoms. The maximum absolute atomic E-state index is 13.9. The Morgan fingerprint density at radius 1 is 1.40 bits per heavy atom. The molecule has 1 aromatic rings. The molecule has 0 aliphatic rings. The van der Waals surface area contributed by atoms with Crippen LogP contribution in [0.4, 0.5) is 4.39 Å². The van der Waals surface area contributed by atoms with Gasteiger partial charge in [-0.15, -0.1) is 0 Å². The minimum Gasteiger partial charge on any atom is -0.496 e.